The fourth-order valence-electron chi connectivity index (χ4n) is 5.40. The van der Waals surface area contributed by atoms with Gasteiger partial charge in [-0.1, -0.05) is 47.0 Å². The molecule has 0 radical (unpaired) electrons. The van der Waals surface area contributed by atoms with Gasteiger partial charge in [0.25, 0.3) is 5.24 Å². The Morgan fingerprint density at radius 2 is 1.90 bits per heavy atom. The van der Waals surface area contributed by atoms with E-state index < -0.39 is 0 Å². The summed E-state index contributed by atoms with van der Waals surface area (Å²) in [4.78, 5) is 17.3. The van der Waals surface area contributed by atoms with Gasteiger partial charge in [-0.25, -0.2) is 0 Å². The predicted molar refractivity (Wildman–Crippen MR) is 133 cm³/mol. The summed E-state index contributed by atoms with van der Waals surface area (Å²) in [7, 11) is 0. The van der Waals surface area contributed by atoms with Gasteiger partial charge in [-0.3, -0.25) is 4.79 Å². The molecule has 1 amide bonds. The van der Waals surface area contributed by atoms with Crippen molar-refractivity contribution in [1.82, 2.24) is 9.80 Å². The minimum Gasteiger partial charge on any atom is -0.494 e. The maximum absolute atomic E-state index is 12.5. The Morgan fingerprint density at radius 1 is 1.13 bits per heavy atom. The van der Waals surface area contributed by atoms with Crippen molar-refractivity contribution < 1.29 is 9.53 Å². The van der Waals surface area contributed by atoms with E-state index >= 15 is 0 Å². The summed E-state index contributed by atoms with van der Waals surface area (Å²) in [6, 6.07) is 6.88. The lowest BCUT2D eigenvalue weighted by Gasteiger charge is -2.33. The molecule has 1 aromatic carbocycles. The molecule has 1 aliphatic carbocycles. The first-order valence-corrected chi connectivity index (χ1v) is 13.9. The van der Waals surface area contributed by atoms with Gasteiger partial charge >= 0.3 is 0 Å². The molecule has 0 N–H and O–H groups in total. The number of carbonyl (C=O) groups is 1. The van der Waals surface area contributed by atoms with Crippen LogP contribution in [0.25, 0.3) is 0 Å². The van der Waals surface area contributed by atoms with E-state index in [1.165, 1.54) is 68.1 Å². The highest BCUT2D eigenvalue weighted by atomic mass is 79.9. The number of carbonyl (C=O) groups excluding carboxylic acids is 1. The Balaban J connectivity index is 1.19. The fraction of sp³-hybridized carbons (Fsp3) is 0.720. The van der Waals surface area contributed by atoms with Gasteiger partial charge in [0.1, 0.15) is 5.75 Å². The van der Waals surface area contributed by atoms with Crippen LogP contribution in [0.15, 0.2) is 22.7 Å². The normalized spacial score (nSPS) is 24.1. The lowest BCUT2D eigenvalue weighted by Crippen LogP contribution is -2.38. The highest BCUT2D eigenvalue weighted by molar-refractivity contribution is 9.10. The van der Waals surface area contributed by atoms with E-state index in [0.717, 1.165) is 37.6 Å². The lowest BCUT2D eigenvalue weighted by molar-refractivity contribution is 0.171. The number of likely N-dealkylation sites (tertiary alicyclic amines) is 1. The molecule has 1 aromatic rings. The highest BCUT2D eigenvalue weighted by Gasteiger charge is 2.35. The minimum absolute atomic E-state index is 0.343. The number of hydrogen-bond acceptors (Lipinski definition) is 4. The van der Waals surface area contributed by atoms with Crippen molar-refractivity contribution in [2.24, 2.45) is 5.92 Å². The maximum atomic E-state index is 12.5. The van der Waals surface area contributed by atoms with Crippen LogP contribution >= 0.6 is 27.7 Å². The van der Waals surface area contributed by atoms with E-state index in [9.17, 15) is 4.79 Å². The Morgan fingerprint density at radius 3 is 2.65 bits per heavy atom. The second-order valence-electron chi connectivity index (χ2n) is 9.41. The minimum atomic E-state index is 0.343. The molecule has 2 saturated heterocycles. The van der Waals surface area contributed by atoms with Crippen molar-refractivity contribution in [3.63, 3.8) is 0 Å². The number of rotatable bonds is 8. The molecule has 31 heavy (non-hydrogen) atoms. The first-order chi connectivity index (χ1) is 15.1. The standard InChI is InChI=1S/C25H37BrN2O2S/c1-2-30-22-8-9-24(26)20(17-22)16-19-10-13-27(14-11-19)15-12-23-18-28(25(29)31-23)21-6-4-3-5-7-21/h8-9,17,19,21,23H,2-7,10-16,18H2,1H3. The Bertz CT molecular complexity index is 732. The average Bonchev–Trinajstić information content (AvgIpc) is 3.17. The molecule has 0 bridgehead atoms. The summed E-state index contributed by atoms with van der Waals surface area (Å²) in [5.41, 5.74) is 1.37. The van der Waals surface area contributed by atoms with Gasteiger partial charge in [0.05, 0.1) is 6.61 Å². The van der Waals surface area contributed by atoms with Crippen molar-refractivity contribution in [3.05, 3.63) is 28.2 Å². The zero-order valence-electron chi connectivity index (χ0n) is 18.9. The van der Waals surface area contributed by atoms with Gasteiger partial charge in [0, 0.05) is 22.3 Å². The molecule has 3 fully saturated rings. The maximum Gasteiger partial charge on any atom is 0.282 e. The lowest BCUT2D eigenvalue weighted by atomic mass is 9.90. The molecule has 2 heterocycles. The number of amides is 1. The van der Waals surface area contributed by atoms with Crippen LogP contribution < -0.4 is 4.74 Å². The molecule has 1 unspecified atom stereocenters. The van der Waals surface area contributed by atoms with Crippen molar-refractivity contribution in [2.75, 3.05) is 32.8 Å². The van der Waals surface area contributed by atoms with Crippen molar-refractivity contribution in [1.29, 1.82) is 0 Å². The van der Waals surface area contributed by atoms with Gasteiger partial charge in [-0.05, 0) is 94.8 Å². The second-order valence-corrected chi connectivity index (χ2v) is 11.5. The van der Waals surface area contributed by atoms with Crippen LogP contribution in [0.3, 0.4) is 0 Å². The molecule has 1 atom stereocenters. The number of piperidine rings is 1. The van der Waals surface area contributed by atoms with Crippen LogP contribution in [0.1, 0.15) is 63.9 Å². The summed E-state index contributed by atoms with van der Waals surface area (Å²) in [5.74, 6) is 1.72. The smallest absolute Gasteiger partial charge is 0.282 e. The van der Waals surface area contributed by atoms with E-state index in [4.69, 9.17) is 4.74 Å². The monoisotopic (exact) mass is 508 g/mol. The van der Waals surface area contributed by atoms with E-state index in [-0.39, 0.29) is 0 Å². The molecule has 4 rings (SSSR count). The van der Waals surface area contributed by atoms with Crippen LogP contribution in [0.2, 0.25) is 0 Å². The quantitative estimate of drug-likeness (QED) is 0.408. The van der Waals surface area contributed by atoms with E-state index in [1.807, 2.05) is 13.0 Å². The summed E-state index contributed by atoms with van der Waals surface area (Å²) in [5, 5.41) is 0.833. The van der Waals surface area contributed by atoms with Crippen LogP contribution in [0, 0.1) is 5.92 Å². The van der Waals surface area contributed by atoms with Gasteiger partial charge < -0.3 is 14.5 Å². The Hall–Kier alpha value is -0.720. The van der Waals surface area contributed by atoms with Crippen LogP contribution in [-0.2, 0) is 6.42 Å². The first-order valence-electron chi connectivity index (χ1n) is 12.2. The van der Waals surface area contributed by atoms with E-state index in [1.54, 1.807) is 11.8 Å². The number of nitrogens with zero attached hydrogens (tertiary/aromatic N) is 2. The van der Waals surface area contributed by atoms with Crippen molar-refractivity contribution in [2.45, 2.75) is 76.0 Å². The molecular weight excluding hydrogens is 472 g/mol. The summed E-state index contributed by atoms with van der Waals surface area (Å²) < 4.78 is 6.88. The highest BCUT2D eigenvalue weighted by Crippen LogP contribution is 2.34. The third kappa shape index (κ3) is 6.42. The van der Waals surface area contributed by atoms with E-state index in [2.05, 4.69) is 37.9 Å². The number of benzene rings is 1. The van der Waals surface area contributed by atoms with Crippen LogP contribution in [-0.4, -0.2) is 59.1 Å². The summed E-state index contributed by atoms with van der Waals surface area (Å²) in [6.45, 7) is 7.23. The molecule has 0 spiro atoms. The topological polar surface area (TPSA) is 32.8 Å². The molecular formula is C25H37BrN2O2S. The Labute approximate surface area is 200 Å². The third-order valence-corrected chi connectivity index (χ3v) is 9.16. The van der Waals surface area contributed by atoms with Crippen molar-refractivity contribution >= 4 is 32.9 Å². The van der Waals surface area contributed by atoms with Crippen LogP contribution in [0.5, 0.6) is 5.75 Å². The number of ether oxygens (including phenoxy) is 1. The fourth-order valence-corrected chi connectivity index (χ4v) is 6.91. The summed E-state index contributed by atoms with van der Waals surface area (Å²) >= 11 is 5.33. The molecule has 6 heteroatoms. The summed E-state index contributed by atoms with van der Waals surface area (Å²) in [6.07, 6.45) is 11.2. The molecule has 1 saturated carbocycles. The second kappa shape index (κ2) is 11.4. The molecule has 3 aliphatic rings. The number of thioether (sulfide) groups is 1. The SMILES string of the molecule is CCOc1ccc(Br)c(CC2CCN(CCC3CN(C4CCCCC4)C(=O)S3)CC2)c1. The number of halogens is 1. The molecule has 4 nitrogen and oxygen atoms in total. The largest absolute Gasteiger partial charge is 0.494 e. The molecule has 172 valence electrons. The average molecular weight is 510 g/mol. The van der Waals surface area contributed by atoms with Gasteiger partial charge in [0.2, 0.25) is 0 Å². The van der Waals surface area contributed by atoms with Gasteiger partial charge in [-0.15, -0.1) is 0 Å². The molecule has 0 aromatic heterocycles. The molecule has 2 aliphatic heterocycles. The Kier molecular flexibility index (Phi) is 8.64. The first kappa shape index (κ1) is 23.4. The number of hydrogen-bond donors (Lipinski definition) is 0. The van der Waals surface area contributed by atoms with Gasteiger partial charge in [0.15, 0.2) is 0 Å². The van der Waals surface area contributed by atoms with Gasteiger partial charge in [-0.2, -0.15) is 0 Å². The van der Waals surface area contributed by atoms with Crippen molar-refractivity contribution in [3.8, 4) is 5.75 Å². The predicted octanol–water partition coefficient (Wildman–Crippen LogP) is 6.36. The van der Waals surface area contributed by atoms with Crippen LogP contribution in [0.4, 0.5) is 4.79 Å². The zero-order chi connectivity index (χ0) is 21.6. The third-order valence-electron chi connectivity index (χ3n) is 7.23. The van der Waals surface area contributed by atoms with E-state index in [0.29, 0.717) is 23.1 Å². The zero-order valence-corrected chi connectivity index (χ0v) is 21.3.